The standard InChI is InChI=1S/C17H21FO3/c1-10-7-17-9-16(8-15(19)20,13(17)6-14(17)21-10)11-2-4-12(18)5-3-11/h2,4-5,10-11,13-14H,3,6-9H2,1H3,(H,19,20). The highest BCUT2D eigenvalue weighted by Crippen LogP contribution is 2.78. The molecule has 1 saturated heterocycles. The second-order valence-electron chi connectivity index (χ2n) is 7.43. The van der Waals surface area contributed by atoms with E-state index in [2.05, 4.69) is 6.92 Å². The summed E-state index contributed by atoms with van der Waals surface area (Å²) in [7, 11) is 0. The quantitative estimate of drug-likeness (QED) is 0.866. The second kappa shape index (κ2) is 4.19. The zero-order valence-electron chi connectivity index (χ0n) is 12.2. The van der Waals surface area contributed by atoms with Crippen LogP contribution in [-0.2, 0) is 9.53 Å². The van der Waals surface area contributed by atoms with E-state index in [1.54, 1.807) is 6.08 Å². The van der Waals surface area contributed by atoms with E-state index in [9.17, 15) is 14.3 Å². The van der Waals surface area contributed by atoms with Gasteiger partial charge in [0.25, 0.3) is 0 Å². The minimum Gasteiger partial charge on any atom is -0.481 e. The number of hydrogen-bond donors (Lipinski definition) is 1. The van der Waals surface area contributed by atoms with Crippen molar-refractivity contribution in [1.29, 1.82) is 0 Å². The lowest BCUT2D eigenvalue weighted by Crippen LogP contribution is -2.70. The first-order valence-corrected chi connectivity index (χ1v) is 7.87. The predicted molar refractivity (Wildman–Crippen MR) is 75.2 cm³/mol. The third-order valence-corrected chi connectivity index (χ3v) is 6.47. The molecule has 4 aliphatic rings. The third-order valence-electron chi connectivity index (χ3n) is 6.47. The molecular weight excluding hydrogens is 271 g/mol. The average molecular weight is 292 g/mol. The fourth-order valence-corrected chi connectivity index (χ4v) is 5.81. The van der Waals surface area contributed by atoms with Crippen molar-refractivity contribution in [3.63, 3.8) is 0 Å². The van der Waals surface area contributed by atoms with Gasteiger partial charge in [-0.25, -0.2) is 4.39 Å². The zero-order valence-corrected chi connectivity index (χ0v) is 12.2. The Labute approximate surface area is 123 Å². The molecule has 1 aliphatic heterocycles. The second-order valence-corrected chi connectivity index (χ2v) is 7.43. The van der Waals surface area contributed by atoms with Crippen molar-refractivity contribution in [3.8, 4) is 0 Å². The molecule has 114 valence electrons. The van der Waals surface area contributed by atoms with Crippen LogP contribution in [0.1, 0.15) is 39.0 Å². The summed E-state index contributed by atoms with van der Waals surface area (Å²) in [6, 6.07) is 0. The van der Waals surface area contributed by atoms with Crippen LogP contribution in [0.2, 0.25) is 0 Å². The first-order chi connectivity index (χ1) is 9.96. The molecule has 1 N–H and O–H groups in total. The summed E-state index contributed by atoms with van der Waals surface area (Å²) < 4.78 is 19.2. The van der Waals surface area contributed by atoms with Crippen LogP contribution in [0.15, 0.2) is 24.1 Å². The van der Waals surface area contributed by atoms with Gasteiger partial charge in [-0.05, 0) is 62.0 Å². The Morgan fingerprint density at radius 2 is 2.38 bits per heavy atom. The predicted octanol–water partition coefficient (Wildman–Crippen LogP) is 3.46. The summed E-state index contributed by atoms with van der Waals surface area (Å²) in [6.07, 6.45) is 9.43. The molecule has 0 bridgehead atoms. The minimum absolute atomic E-state index is 0.153. The van der Waals surface area contributed by atoms with Gasteiger partial charge < -0.3 is 9.84 Å². The molecule has 6 unspecified atom stereocenters. The lowest BCUT2D eigenvalue weighted by molar-refractivity contribution is -0.264. The van der Waals surface area contributed by atoms with Gasteiger partial charge in [0.1, 0.15) is 5.83 Å². The van der Waals surface area contributed by atoms with Crippen LogP contribution in [-0.4, -0.2) is 23.3 Å². The lowest BCUT2D eigenvalue weighted by Gasteiger charge is -2.72. The molecule has 3 aliphatic carbocycles. The molecule has 0 aromatic heterocycles. The van der Waals surface area contributed by atoms with Crippen molar-refractivity contribution in [2.24, 2.45) is 22.7 Å². The van der Waals surface area contributed by atoms with Gasteiger partial charge in [-0.3, -0.25) is 4.79 Å². The van der Waals surface area contributed by atoms with E-state index in [0.717, 1.165) is 19.3 Å². The van der Waals surface area contributed by atoms with Crippen molar-refractivity contribution in [1.82, 2.24) is 0 Å². The van der Waals surface area contributed by atoms with E-state index in [1.807, 2.05) is 6.08 Å². The highest BCUT2D eigenvalue weighted by atomic mass is 19.1. The van der Waals surface area contributed by atoms with Crippen molar-refractivity contribution >= 4 is 5.97 Å². The topological polar surface area (TPSA) is 46.5 Å². The van der Waals surface area contributed by atoms with Crippen LogP contribution in [0.4, 0.5) is 4.39 Å². The van der Waals surface area contributed by atoms with Gasteiger partial charge in [-0.1, -0.05) is 6.08 Å². The number of ether oxygens (including phenoxy) is 1. The molecule has 6 atom stereocenters. The maximum atomic E-state index is 13.2. The molecule has 3 nitrogen and oxygen atoms in total. The van der Waals surface area contributed by atoms with Gasteiger partial charge in [-0.2, -0.15) is 0 Å². The van der Waals surface area contributed by atoms with E-state index in [0.29, 0.717) is 24.5 Å². The minimum atomic E-state index is -0.733. The molecule has 0 aromatic rings. The summed E-state index contributed by atoms with van der Waals surface area (Å²) in [6.45, 7) is 2.11. The Morgan fingerprint density at radius 1 is 1.57 bits per heavy atom. The van der Waals surface area contributed by atoms with Gasteiger partial charge in [0.15, 0.2) is 0 Å². The van der Waals surface area contributed by atoms with Crippen LogP contribution < -0.4 is 0 Å². The molecule has 21 heavy (non-hydrogen) atoms. The third kappa shape index (κ3) is 1.65. The summed E-state index contributed by atoms with van der Waals surface area (Å²) in [5.74, 6) is -0.348. The number of carbonyl (C=O) groups is 1. The van der Waals surface area contributed by atoms with Crippen molar-refractivity contribution in [2.75, 3.05) is 0 Å². The Kier molecular flexibility index (Phi) is 2.69. The molecule has 1 spiro atoms. The van der Waals surface area contributed by atoms with Gasteiger partial charge >= 0.3 is 5.97 Å². The Morgan fingerprint density at radius 3 is 2.95 bits per heavy atom. The Bertz CT molecular complexity index is 554. The maximum absolute atomic E-state index is 13.2. The van der Waals surface area contributed by atoms with Crippen LogP contribution in [0, 0.1) is 22.7 Å². The van der Waals surface area contributed by atoms with E-state index >= 15 is 0 Å². The van der Waals surface area contributed by atoms with Gasteiger partial charge in [-0.15, -0.1) is 0 Å². The summed E-state index contributed by atoms with van der Waals surface area (Å²) in [5, 5.41) is 9.37. The SMILES string of the molecule is CC1CC23CC(CC(=O)O)(C4C=CC(F)=CC4)C2CC3O1. The largest absolute Gasteiger partial charge is 0.481 e. The van der Waals surface area contributed by atoms with E-state index < -0.39 is 5.97 Å². The van der Waals surface area contributed by atoms with E-state index in [-0.39, 0.29) is 29.0 Å². The van der Waals surface area contributed by atoms with Gasteiger partial charge in [0, 0.05) is 5.41 Å². The Balaban J connectivity index is 1.61. The molecule has 0 amide bonds. The first-order valence-electron chi connectivity index (χ1n) is 7.87. The number of halogens is 1. The number of carboxylic acid groups (broad SMARTS) is 1. The number of allylic oxidation sites excluding steroid dienone is 4. The summed E-state index contributed by atoms with van der Waals surface area (Å²) >= 11 is 0. The van der Waals surface area contributed by atoms with Crippen LogP contribution in [0.3, 0.4) is 0 Å². The molecule has 3 fully saturated rings. The number of hydrogen-bond acceptors (Lipinski definition) is 2. The molecule has 0 radical (unpaired) electrons. The normalized spacial score (nSPS) is 50.5. The number of aliphatic carboxylic acids is 1. The van der Waals surface area contributed by atoms with Crippen molar-refractivity contribution in [2.45, 2.75) is 51.2 Å². The van der Waals surface area contributed by atoms with Gasteiger partial charge in [0.05, 0.1) is 18.6 Å². The molecule has 2 saturated carbocycles. The monoisotopic (exact) mass is 292 g/mol. The molecule has 4 rings (SSSR count). The zero-order chi connectivity index (χ0) is 14.8. The van der Waals surface area contributed by atoms with E-state index in [1.165, 1.54) is 6.08 Å². The maximum Gasteiger partial charge on any atom is 0.303 e. The smallest absolute Gasteiger partial charge is 0.303 e. The number of rotatable bonds is 3. The van der Waals surface area contributed by atoms with Gasteiger partial charge in [0.2, 0.25) is 0 Å². The average Bonchev–Trinajstić information content (AvgIpc) is 2.68. The fraction of sp³-hybridized carbons (Fsp3) is 0.706. The fourth-order valence-electron chi connectivity index (χ4n) is 5.81. The Hall–Kier alpha value is -1.16. The van der Waals surface area contributed by atoms with E-state index in [4.69, 9.17) is 4.74 Å². The van der Waals surface area contributed by atoms with Crippen molar-refractivity contribution < 1.29 is 19.0 Å². The van der Waals surface area contributed by atoms with Crippen molar-refractivity contribution in [3.05, 3.63) is 24.1 Å². The summed E-state index contributed by atoms with van der Waals surface area (Å²) in [5.41, 5.74) is 0.0336. The molecular formula is C17H21FO3. The van der Waals surface area contributed by atoms with Crippen LogP contribution >= 0.6 is 0 Å². The highest BCUT2D eigenvalue weighted by molar-refractivity contribution is 5.68. The molecule has 4 heteroatoms. The highest BCUT2D eigenvalue weighted by Gasteiger charge is 2.76. The lowest BCUT2D eigenvalue weighted by atomic mass is 9.31. The first kappa shape index (κ1) is 13.5. The molecule has 0 aromatic carbocycles. The van der Waals surface area contributed by atoms with Crippen LogP contribution in [0.5, 0.6) is 0 Å². The van der Waals surface area contributed by atoms with Crippen LogP contribution in [0.25, 0.3) is 0 Å². The molecule has 1 heterocycles. The number of carboxylic acids is 1. The summed E-state index contributed by atoms with van der Waals surface area (Å²) in [4.78, 5) is 11.4.